The largest absolute Gasteiger partial charge is 0.469 e. The van der Waals surface area contributed by atoms with Crippen LogP contribution in [0, 0.1) is 0 Å². The number of hydrogen-bond donors (Lipinski definition) is 0. The van der Waals surface area contributed by atoms with Crippen LogP contribution in [0.3, 0.4) is 0 Å². The zero-order chi connectivity index (χ0) is 5.11. The van der Waals surface area contributed by atoms with Gasteiger partial charge in [-0.05, 0) is 12.1 Å². The van der Waals surface area contributed by atoms with Crippen molar-refractivity contribution in [1.29, 1.82) is 0 Å². The first-order valence-electron chi connectivity index (χ1n) is 1.90. The van der Waals surface area contributed by atoms with Gasteiger partial charge in [-0.3, -0.25) is 0 Å². The molecule has 0 saturated carbocycles. The highest BCUT2D eigenvalue weighted by Gasteiger charge is 1.76. The third-order valence-electron chi connectivity index (χ3n) is 0.683. The highest BCUT2D eigenvalue weighted by atomic mass is 28.2. The van der Waals surface area contributed by atoms with Gasteiger partial charge in [0.15, 0.2) is 0 Å². The Hall–Kier alpha value is -0.703. The van der Waals surface area contributed by atoms with Gasteiger partial charge >= 0.3 is 10.5 Å². The first-order valence-corrected chi connectivity index (χ1v) is 2.31. The second-order valence-corrected chi connectivity index (χ2v) is 1.32. The van der Waals surface area contributed by atoms with Gasteiger partial charge in [-0.1, -0.05) is 0 Å². The van der Waals surface area contributed by atoms with Crippen LogP contribution in [0.15, 0.2) is 24.5 Å². The van der Waals surface area contributed by atoms with Crippen molar-refractivity contribution in [2.45, 2.75) is 0 Å². The van der Waals surface area contributed by atoms with E-state index in [1.165, 1.54) is 4.73 Å². The Kier molecular flexibility index (Phi) is 1.17. The van der Waals surface area contributed by atoms with Crippen LogP contribution in [-0.4, -0.2) is 15.2 Å². The van der Waals surface area contributed by atoms with Crippen LogP contribution in [0.25, 0.3) is 0 Å². The molecule has 0 amide bonds. The fourth-order valence-corrected chi connectivity index (χ4v) is 0.501. The molecule has 1 aromatic rings. The molecule has 1 aromatic heterocycles. The lowest BCUT2D eigenvalue weighted by Gasteiger charge is -1.94. The average molecular weight is 110 g/mol. The quantitative estimate of drug-likeness (QED) is 0.464. The second kappa shape index (κ2) is 1.84. The summed E-state index contributed by atoms with van der Waals surface area (Å²) in [5.74, 6) is 0. The van der Waals surface area contributed by atoms with E-state index in [-0.39, 0.29) is 0 Å². The van der Waals surface area contributed by atoms with Crippen molar-refractivity contribution in [3.63, 3.8) is 0 Å². The average Bonchev–Trinajstić information content (AvgIpc) is 2.14. The summed E-state index contributed by atoms with van der Waals surface area (Å²) in [6.45, 7) is 0. The smallest absolute Gasteiger partial charge is 0.384 e. The molecule has 3 radical (unpaired) electrons. The van der Waals surface area contributed by atoms with Crippen LogP contribution in [0.5, 0.6) is 0 Å². The summed E-state index contributed by atoms with van der Waals surface area (Å²) in [7, 11) is 2.84. The molecule has 3 heteroatoms. The minimum absolute atomic E-state index is 1.54. The Morgan fingerprint density at radius 3 is 2.14 bits per heavy atom. The molecule has 0 unspecified atom stereocenters. The van der Waals surface area contributed by atoms with Crippen molar-refractivity contribution in [3.8, 4) is 0 Å². The first kappa shape index (κ1) is 4.46. The Morgan fingerprint density at radius 2 is 1.86 bits per heavy atom. The molecule has 35 valence electrons. The number of nitrogens with zero attached hydrogens (tertiary/aromatic N) is 1. The summed E-state index contributed by atoms with van der Waals surface area (Å²) in [5.41, 5.74) is 0. The molecule has 0 aliphatic rings. The highest BCUT2D eigenvalue weighted by molar-refractivity contribution is 5.98. The summed E-state index contributed by atoms with van der Waals surface area (Å²) in [6, 6.07) is 3.75. The molecule has 0 aliphatic carbocycles. The molecule has 0 bridgehead atoms. The first-order chi connectivity index (χ1) is 3.43. The third-order valence-corrected chi connectivity index (χ3v) is 0.893. The van der Waals surface area contributed by atoms with Gasteiger partial charge in [0.05, 0.1) is 0 Å². The van der Waals surface area contributed by atoms with E-state index in [0.29, 0.717) is 0 Å². The maximum Gasteiger partial charge on any atom is 0.384 e. The monoisotopic (exact) mass is 110 g/mol. The Balaban J connectivity index is 2.76. The summed E-state index contributed by atoms with van der Waals surface area (Å²) in [5, 5.41) is 0. The van der Waals surface area contributed by atoms with E-state index in [1.807, 2.05) is 12.1 Å². The summed E-state index contributed by atoms with van der Waals surface area (Å²) in [4.78, 5) is 0. The third kappa shape index (κ3) is 0.836. The summed E-state index contributed by atoms with van der Waals surface area (Å²) >= 11 is 0. The van der Waals surface area contributed by atoms with Crippen molar-refractivity contribution >= 4 is 10.5 Å². The normalized spacial score (nSPS) is 8.71. The zero-order valence-corrected chi connectivity index (χ0v) is 4.66. The van der Waals surface area contributed by atoms with Gasteiger partial charge in [-0.2, -0.15) is 0 Å². The standard InChI is InChI=1S/C4H4NOSi/c7-6-5-3-1-2-4-5/h1-4H. The molecule has 0 spiro atoms. The molecular weight excluding hydrogens is 106 g/mol. The maximum absolute atomic E-state index is 4.58. The minimum Gasteiger partial charge on any atom is -0.469 e. The lowest BCUT2D eigenvalue weighted by molar-refractivity contribution is 0.303. The van der Waals surface area contributed by atoms with E-state index in [9.17, 15) is 0 Å². The molecule has 7 heavy (non-hydrogen) atoms. The van der Waals surface area contributed by atoms with E-state index in [0.717, 1.165) is 0 Å². The van der Waals surface area contributed by atoms with Gasteiger partial charge in [0.1, 0.15) is 0 Å². The molecule has 0 fully saturated rings. The Morgan fingerprint density at radius 1 is 1.29 bits per heavy atom. The second-order valence-electron chi connectivity index (χ2n) is 1.13. The number of rotatable bonds is 1. The molecule has 0 saturated heterocycles. The van der Waals surface area contributed by atoms with Crippen molar-refractivity contribution in [2.24, 2.45) is 0 Å². The van der Waals surface area contributed by atoms with Crippen molar-refractivity contribution in [1.82, 2.24) is 4.73 Å². The molecule has 0 aromatic carbocycles. The molecule has 1 rings (SSSR count). The van der Waals surface area contributed by atoms with Crippen LogP contribution in [0.4, 0.5) is 0 Å². The Labute approximate surface area is 45.2 Å². The van der Waals surface area contributed by atoms with Gasteiger partial charge in [0, 0.05) is 12.4 Å². The predicted molar refractivity (Wildman–Crippen MR) is 26.8 cm³/mol. The lowest BCUT2D eigenvalue weighted by Crippen LogP contribution is -2.02. The van der Waals surface area contributed by atoms with Gasteiger partial charge in [0.25, 0.3) is 0 Å². The minimum atomic E-state index is 1.54. The van der Waals surface area contributed by atoms with E-state index >= 15 is 0 Å². The van der Waals surface area contributed by atoms with Crippen LogP contribution < -0.4 is 4.53 Å². The van der Waals surface area contributed by atoms with Crippen LogP contribution in [-0.2, 0) is 0 Å². The molecule has 0 N–H and O–H groups in total. The van der Waals surface area contributed by atoms with Crippen LogP contribution >= 0.6 is 0 Å². The van der Waals surface area contributed by atoms with Gasteiger partial charge in [-0.25, -0.2) is 4.73 Å². The fourth-order valence-electron chi connectivity index (χ4n) is 0.380. The van der Waals surface area contributed by atoms with E-state index in [2.05, 4.69) is 15.0 Å². The highest BCUT2D eigenvalue weighted by Crippen LogP contribution is 1.81. The molecule has 1 heterocycles. The number of hydrogen-bond acceptors (Lipinski definition) is 1. The van der Waals surface area contributed by atoms with Gasteiger partial charge in [0.2, 0.25) is 0 Å². The van der Waals surface area contributed by atoms with E-state index < -0.39 is 0 Å². The van der Waals surface area contributed by atoms with Crippen molar-refractivity contribution in [2.75, 3.05) is 0 Å². The van der Waals surface area contributed by atoms with E-state index in [1.54, 1.807) is 12.4 Å². The van der Waals surface area contributed by atoms with Crippen LogP contribution in [0.2, 0.25) is 0 Å². The maximum atomic E-state index is 4.58. The van der Waals surface area contributed by atoms with Gasteiger partial charge < -0.3 is 4.53 Å². The predicted octanol–water partition coefficient (Wildman–Crippen LogP) is 0.000200. The zero-order valence-electron chi connectivity index (χ0n) is 3.66. The van der Waals surface area contributed by atoms with Crippen LogP contribution in [0.1, 0.15) is 0 Å². The molecule has 2 nitrogen and oxygen atoms in total. The van der Waals surface area contributed by atoms with Crippen molar-refractivity contribution in [3.05, 3.63) is 24.5 Å². The Bertz CT molecular complexity index is 126. The van der Waals surface area contributed by atoms with Gasteiger partial charge in [-0.15, -0.1) is 0 Å². The summed E-state index contributed by atoms with van der Waals surface area (Å²) < 4.78 is 6.11. The molecule has 0 aliphatic heterocycles. The lowest BCUT2D eigenvalue weighted by atomic mass is 10.7. The van der Waals surface area contributed by atoms with Crippen molar-refractivity contribution < 1.29 is 4.53 Å². The van der Waals surface area contributed by atoms with E-state index in [4.69, 9.17) is 0 Å². The topological polar surface area (TPSA) is 14.2 Å². The molecule has 0 atom stereocenters. The summed E-state index contributed by atoms with van der Waals surface area (Å²) in [6.07, 6.45) is 3.57. The number of aromatic nitrogens is 1. The molecular formula is C4H4NOSi. The fraction of sp³-hybridized carbons (Fsp3) is 0. The SMILES string of the molecule is [Si]On1cccc1.